The van der Waals surface area contributed by atoms with Crippen LogP contribution in [-0.4, -0.2) is 30.9 Å². The minimum atomic E-state index is -0.573. The van der Waals surface area contributed by atoms with Gasteiger partial charge in [0.2, 0.25) is 0 Å². The molecule has 0 unspecified atom stereocenters. The van der Waals surface area contributed by atoms with Gasteiger partial charge in [-0.25, -0.2) is 9.79 Å². The summed E-state index contributed by atoms with van der Waals surface area (Å²) in [5, 5.41) is 1.93. The van der Waals surface area contributed by atoms with Crippen LogP contribution < -0.4 is 24.4 Å². The van der Waals surface area contributed by atoms with E-state index in [0.717, 1.165) is 23.3 Å². The predicted molar refractivity (Wildman–Crippen MR) is 138 cm³/mol. The third-order valence-electron chi connectivity index (χ3n) is 5.57. The van der Waals surface area contributed by atoms with Crippen molar-refractivity contribution in [3.63, 3.8) is 0 Å². The van der Waals surface area contributed by atoms with E-state index in [2.05, 4.69) is 11.9 Å². The van der Waals surface area contributed by atoms with Crippen LogP contribution in [0, 0.1) is 0 Å². The zero-order chi connectivity index (χ0) is 24.9. The van der Waals surface area contributed by atoms with Crippen LogP contribution in [-0.2, 0) is 9.53 Å². The highest BCUT2D eigenvalue weighted by atomic mass is 32.1. The Kier molecular flexibility index (Phi) is 7.87. The smallest absolute Gasteiger partial charge is 0.338 e. The minimum Gasteiger partial charge on any atom is -0.493 e. The van der Waals surface area contributed by atoms with E-state index in [1.54, 1.807) is 25.5 Å². The van der Waals surface area contributed by atoms with Gasteiger partial charge in [-0.15, -0.1) is 11.3 Å². The number of methoxy groups -OCH3 is 1. The molecule has 0 N–H and O–H groups in total. The van der Waals surface area contributed by atoms with Crippen LogP contribution >= 0.6 is 22.7 Å². The standard InChI is InChI=1S/C26H28N2O5S2/c1-5-7-12-33-18-11-10-17(14-19(18)31-4)15-21-24(29)28-23(20-9-8-13-34-20)22(25(30)32-6-2)16(3)27-26(28)35-21/h8-11,13-15,23H,5-7,12H2,1-4H3/b21-15+/t23-/m1/s1. The van der Waals surface area contributed by atoms with Crippen LogP contribution in [0.25, 0.3) is 6.08 Å². The van der Waals surface area contributed by atoms with Gasteiger partial charge in [-0.05, 0) is 55.5 Å². The highest BCUT2D eigenvalue weighted by molar-refractivity contribution is 7.10. The number of hydrogen-bond donors (Lipinski definition) is 0. The van der Waals surface area contributed by atoms with Gasteiger partial charge in [0.1, 0.15) is 6.04 Å². The maximum Gasteiger partial charge on any atom is 0.338 e. The zero-order valence-electron chi connectivity index (χ0n) is 20.2. The van der Waals surface area contributed by atoms with E-state index < -0.39 is 12.0 Å². The summed E-state index contributed by atoms with van der Waals surface area (Å²) >= 11 is 2.79. The number of carbonyl (C=O) groups is 1. The lowest BCUT2D eigenvalue weighted by molar-refractivity contribution is -0.139. The third kappa shape index (κ3) is 5.11. The van der Waals surface area contributed by atoms with Crippen LogP contribution in [0.2, 0.25) is 0 Å². The molecule has 2 aromatic heterocycles. The van der Waals surface area contributed by atoms with Crippen molar-refractivity contribution in [1.29, 1.82) is 0 Å². The molecule has 0 saturated carbocycles. The normalized spacial score (nSPS) is 15.5. The topological polar surface area (TPSA) is 79.1 Å². The molecule has 7 nitrogen and oxygen atoms in total. The van der Waals surface area contributed by atoms with Crippen LogP contribution in [0.15, 0.2) is 56.8 Å². The maximum absolute atomic E-state index is 13.6. The van der Waals surface area contributed by atoms with Crippen LogP contribution in [0.3, 0.4) is 0 Å². The number of unbranched alkanes of at least 4 members (excludes halogenated alkanes) is 1. The van der Waals surface area contributed by atoms with Gasteiger partial charge in [-0.2, -0.15) is 0 Å². The summed E-state index contributed by atoms with van der Waals surface area (Å²) in [5.41, 5.74) is 1.56. The molecule has 9 heteroatoms. The number of benzene rings is 1. The first-order valence-corrected chi connectivity index (χ1v) is 13.2. The van der Waals surface area contributed by atoms with E-state index in [9.17, 15) is 9.59 Å². The highest BCUT2D eigenvalue weighted by Crippen LogP contribution is 2.33. The van der Waals surface area contributed by atoms with Gasteiger partial charge in [0.05, 0.1) is 36.1 Å². The molecule has 0 saturated heterocycles. The number of thiophene rings is 1. The molecule has 184 valence electrons. The minimum absolute atomic E-state index is 0.205. The lowest BCUT2D eigenvalue weighted by Gasteiger charge is -2.23. The third-order valence-corrected chi connectivity index (χ3v) is 7.48. The largest absolute Gasteiger partial charge is 0.493 e. The number of rotatable bonds is 9. The van der Waals surface area contributed by atoms with Crippen molar-refractivity contribution in [3.05, 3.63) is 77.1 Å². The molecule has 4 rings (SSSR count). The van der Waals surface area contributed by atoms with E-state index in [4.69, 9.17) is 14.2 Å². The maximum atomic E-state index is 13.6. The second kappa shape index (κ2) is 11.0. The van der Waals surface area contributed by atoms with Crippen molar-refractivity contribution in [3.8, 4) is 11.5 Å². The summed E-state index contributed by atoms with van der Waals surface area (Å²) in [4.78, 5) is 32.5. The molecule has 0 radical (unpaired) electrons. The van der Waals surface area contributed by atoms with Crippen molar-refractivity contribution >= 4 is 34.7 Å². The molecule has 0 spiro atoms. The average Bonchev–Trinajstić information content (AvgIpc) is 3.48. The fourth-order valence-corrected chi connectivity index (χ4v) is 5.75. The molecule has 0 fully saturated rings. The first-order valence-electron chi connectivity index (χ1n) is 11.5. The van der Waals surface area contributed by atoms with Gasteiger partial charge in [0.15, 0.2) is 16.3 Å². The summed E-state index contributed by atoms with van der Waals surface area (Å²) in [6.07, 6.45) is 3.83. The molecule has 1 aliphatic heterocycles. The van der Waals surface area contributed by atoms with E-state index in [-0.39, 0.29) is 12.2 Å². The number of aromatic nitrogens is 1. The predicted octanol–water partition coefficient (Wildman–Crippen LogP) is 4.05. The van der Waals surface area contributed by atoms with Gasteiger partial charge < -0.3 is 14.2 Å². The Labute approximate surface area is 211 Å². The lowest BCUT2D eigenvalue weighted by atomic mass is 10.0. The van der Waals surface area contributed by atoms with E-state index in [1.165, 1.54) is 22.7 Å². The molecule has 1 aromatic carbocycles. The first-order chi connectivity index (χ1) is 17.0. The Morgan fingerprint density at radius 1 is 1.23 bits per heavy atom. The highest BCUT2D eigenvalue weighted by Gasteiger charge is 2.33. The van der Waals surface area contributed by atoms with E-state index >= 15 is 0 Å². The fraction of sp³-hybridized carbons (Fsp3) is 0.346. The number of fused-ring (bicyclic) bond motifs is 1. The molecule has 1 aliphatic rings. The summed E-state index contributed by atoms with van der Waals surface area (Å²) < 4.78 is 18.8. The first kappa shape index (κ1) is 24.9. The fourth-order valence-electron chi connectivity index (χ4n) is 3.88. The molecule has 3 heterocycles. The number of hydrogen-bond acceptors (Lipinski definition) is 8. The number of thiazole rings is 1. The SMILES string of the molecule is CCCCOc1ccc(/C=c2/sc3n(c2=O)[C@H](c2cccs2)C(C(=O)OCC)=C(C)N=3)cc1OC. The van der Waals surface area contributed by atoms with Crippen molar-refractivity contribution in [2.24, 2.45) is 4.99 Å². The molecule has 1 atom stereocenters. The van der Waals surface area contributed by atoms with Crippen molar-refractivity contribution in [2.45, 2.75) is 39.7 Å². The van der Waals surface area contributed by atoms with Gasteiger partial charge in [0.25, 0.3) is 5.56 Å². The van der Waals surface area contributed by atoms with Crippen molar-refractivity contribution < 1.29 is 19.0 Å². The van der Waals surface area contributed by atoms with Gasteiger partial charge in [-0.3, -0.25) is 9.36 Å². The molecular weight excluding hydrogens is 484 g/mol. The second-order valence-corrected chi connectivity index (χ2v) is 9.92. The Morgan fingerprint density at radius 3 is 2.74 bits per heavy atom. The van der Waals surface area contributed by atoms with Crippen molar-refractivity contribution in [2.75, 3.05) is 20.3 Å². The molecule has 0 amide bonds. The monoisotopic (exact) mass is 512 g/mol. The molecule has 0 aliphatic carbocycles. The van der Waals surface area contributed by atoms with Crippen LogP contribution in [0.5, 0.6) is 11.5 Å². The molecule has 3 aromatic rings. The number of allylic oxidation sites excluding steroid dienone is 1. The summed E-state index contributed by atoms with van der Waals surface area (Å²) in [7, 11) is 1.60. The Morgan fingerprint density at radius 2 is 2.06 bits per heavy atom. The average molecular weight is 513 g/mol. The van der Waals surface area contributed by atoms with E-state index in [0.29, 0.717) is 38.7 Å². The van der Waals surface area contributed by atoms with Crippen molar-refractivity contribution in [1.82, 2.24) is 4.57 Å². The van der Waals surface area contributed by atoms with Gasteiger partial charge >= 0.3 is 5.97 Å². The summed E-state index contributed by atoms with van der Waals surface area (Å²) in [6.45, 7) is 6.52. The van der Waals surface area contributed by atoms with E-state index in [1.807, 2.05) is 41.8 Å². The zero-order valence-corrected chi connectivity index (χ0v) is 21.8. The number of ether oxygens (including phenoxy) is 3. The lowest BCUT2D eigenvalue weighted by Crippen LogP contribution is -2.39. The quantitative estimate of drug-likeness (QED) is 0.319. The Bertz CT molecular complexity index is 1420. The van der Waals surface area contributed by atoms with Gasteiger partial charge in [0, 0.05) is 4.88 Å². The van der Waals surface area contributed by atoms with Gasteiger partial charge in [-0.1, -0.05) is 36.8 Å². The molecule has 0 bridgehead atoms. The number of carbonyl (C=O) groups excluding carboxylic acids is 1. The van der Waals surface area contributed by atoms with Crippen LogP contribution in [0.1, 0.15) is 50.1 Å². The summed E-state index contributed by atoms with van der Waals surface area (Å²) in [6, 6.07) is 8.86. The number of esters is 1. The Balaban J connectivity index is 1.80. The van der Waals surface area contributed by atoms with Crippen LogP contribution in [0.4, 0.5) is 0 Å². The second-order valence-electron chi connectivity index (χ2n) is 7.93. The molecular formula is C26H28N2O5S2. The Hall–Kier alpha value is -3.17. The summed E-state index contributed by atoms with van der Waals surface area (Å²) in [5.74, 6) is 0.830. The molecule has 35 heavy (non-hydrogen) atoms. The number of nitrogens with zero attached hydrogens (tertiary/aromatic N) is 2.